The van der Waals surface area contributed by atoms with Crippen LogP contribution in [0.2, 0.25) is 5.04 Å². The summed E-state index contributed by atoms with van der Waals surface area (Å²) in [4.78, 5) is 24.5. The van der Waals surface area contributed by atoms with Crippen LogP contribution in [0.1, 0.15) is 38.1 Å². The van der Waals surface area contributed by atoms with E-state index >= 15 is 0 Å². The van der Waals surface area contributed by atoms with E-state index < -0.39 is 51.0 Å². The number of carbonyl (C=O) groups excluding carboxylic acids is 2. The van der Waals surface area contributed by atoms with Gasteiger partial charge in [-0.2, -0.15) is 0 Å². The third-order valence-electron chi connectivity index (χ3n) is 7.13. The lowest BCUT2D eigenvalue weighted by Crippen LogP contribution is -2.68. The summed E-state index contributed by atoms with van der Waals surface area (Å²) in [6.45, 7) is 7.34. The van der Waals surface area contributed by atoms with Crippen LogP contribution in [-0.4, -0.2) is 72.9 Å². The van der Waals surface area contributed by atoms with Crippen LogP contribution in [0.4, 0.5) is 0 Å². The number of aliphatic hydroxyl groups is 3. The molecule has 0 saturated carbocycles. The van der Waals surface area contributed by atoms with Crippen molar-refractivity contribution >= 4 is 30.6 Å². The Morgan fingerprint density at radius 3 is 1.88 bits per heavy atom. The van der Waals surface area contributed by atoms with Crippen LogP contribution < -0.4 is 15.1 Å². The Morgan fingerprint density at radius 2 is 1.34 bits per heavy atom. The number of carbonyl (C=O) groups is 2. The lowest BCUT2D eigenvalue weighted by molar-refractivity contribution is -0.284. The summed E-state index contributed by atoms with van der Waals surface area (Å²) in [6.07, 6.45) is -7.71. The highest BCUT2D eigenvalue weighted by atomic mass is 28.4. The summed E-state index contributed by atoms with van der Waals surface area (Å²) in [6, 6.07) is 25.7. The van der Waals surface area contributed by atoms with Crippen LogP contribution >= 0.6 is 0 Å². The smallest absolute Gasteiger partial charge is 0.344 e. The molecule has 1 aliphatic heterocycles. The molecule has 0 aliphatic carbocycles. The average molecular weight is 581 g/mol. The van der Waals surface area contributed by atoms with Crippen molar-refractivity contribution in [3.8, 4) is 5.75 Å². The zero-order valence-electron chi connectivity index (χ0n) is 23.5. The molecule has 1 fully saturated rings. The minimum atomic E-state index is -3.02. The third-order valence-corrected chi connectivity index (χ3v) is 12.1. The van der Waals surface area contributed by atoms with Gasteiger partial charge in [-0.1, -0.05) is 93.6 Å². The van der Waals surface area contributed by atoms with Gasteiger partial charge < -0.3 is 34.0 Å². The van der Waals surface area contributed by atoms with Gasteiger partial charge in [0.2, 0.25) is 6.29 Å². The lowest BCUT2D eigenvalue weighted by Gasteiger charge is -2.45. The average Bonchev–Trinajstić information content (AvgIpc) is 2.94. The van der Waals surface area contributed by atoms with Crippen molar-refractivity contribution < 1.29 is 43.5 Å². The Kier molecular flexibility index (Phi) is 9.43. The molecule has 3 N–H and O–H groups in total. The predicted molar refractivity (Wildman–Crippen MR) is 153 cm³/mol. The third kappa shape index (κ3) is 6.43. The molecule has 0 bridgehead atoms. The van der Waals surface area contributed by atoms with E-state index in [-0.39, 0.29) is 23.0 Å². The molecule has 0 aromatic heterocycles. The Morgan fingerprint density at radius 1 is 0.805 bits per heavy atom. The zero-order chi connectivity index (χ0) is 29.8. The summed E-state index contributed by atoms with van der Waals surface area (Å²) < 4.78 is 23.2. The first kappa shape index (κ1) is 30.6. The summed E-state index contributed by atoms with van der Waals surface area (Å²) in [5.41, 5.74) is -0.0702. The maximum Gasteiger partial charge on any atom is 0.344 e. The van der Waals surface area contributed by atoms with Gasteiger partial charge in [-0.15, -0.1) is 0 Å². The van der Waals surface area contributed by atoms with Gasteiger partial charge in [-0.25, -0.2) is 4.79 Å². The minimum absolute atomic E-state index is 0.0255. The van der Waals surface area contributed by atoms with E-state index in [1.807, 2.05) is 60.7 Å². The standard InChI is InChI=1S/C31H36O9Si/c1-20(32)38-24-18-12-11-17-23(24)29(36)40-30-28(35)27(34)26(33)25(39-30)19-37-41(31(2,3)4,21-13-7-5-8-14-21)22-15-9-6-10-16-22/h5-18,25-28,30,33-35H,19H2,1-4H3/t25-,26+,27+,28-,30-/m1/s1. The van der Waals surface area contributed by atoms with Crippen LogP contribution in [0.5, 0.6) is 5.75 Å². The van der Waals surface area contributed by atoms with Crippen molar-refractivity contribution in [1.82, 2.24) is 0 Å². The molecule has 0 radical (unpaired) electrons. The molecule has 5 atom stereocenters. The number of aliphatic hydroxyl groups excluding tert-OH is 3. The molecule has 3 aromatic carbocycles. The second-order valence-electron chi connectivity index (χ2n) is 11.0. The van der Waals surface area contributed by atoms with E-state index in [9.17, 15) is 24.9 Å². The first-order valence-electron chi connectivity index (χ1n) is 13.4. The largest absolute Gasteiger partial charge is 0.429 e. The molecule has 0 amide bonds. The second-order valence-corrected chi connectivity index (χ2v) is 15.3. The molecule has 9 nitrogen and oxygen atoms in total. The molecule has 41 heavy (non-hydrogen) atoms. The molecule has 1 aliphatic rings. The number of hydrogen-bond acceptors (Lipinski definition) is 9. The van der Waals surface area contributed by atoms with Gasteiger partial charge in [0.05, 0.1) is 6.61 Å². The molecule has 218 valence electrons. The van der Waals surface area contributed by atoms with Crippen molar-refractivity contribution in [2.45, 2.75) is 63.4 Å². The summed E-state index contributed by atoms with van der Waals surface area (Å²) in [7, 11) is -3.02. The van der Waals surface area contributed by atoms with Crippen molar-refractivity contribution in [2.75, 3.05) is 6.61 Å². The fourth-order valence-electron chi connectivity index (χ4n) is 5.17. The number of esters is 2. The van der Waals surface area contributed by atoms with Crippen molar-refractivity contribution in [2.24, 2.45) is 0 Å². The number of para-hydroxylation sites is 1. The van der Waals surface area contributed by atoms with E-state index in [1.165, 1.54) is 19.1 Å². The van der Waals surface area contributed by atoms with Crippen molar-refractivity contribution in [1.29, 1.82) is 0 Å². The fourth-order valence-corrected chi connectivity index (χ4v) is 9.74. The summed E-state index contributed by atoms with van der Waals surface area (Å²) in [5, 5.41) is 33.8. The van der Waals surface area contributed by atoms with Crippen LogP contribution in [0, 0.1) is 0 Å². The van der Waals surface area contributed by atoms with Crippen LogP contribution in [0.3, 0.4) is 0 Å². The number of hydrogen-bond donors (Lipinski definition) is 3. The number of benzene rings is 3. The molecule has 0 unspecified atom stereocenters. The van der Waals surface area contributed by atoms with Crippen LogP contribution in [0.25, 0.3) is 0 Å². The lowest BCUT2D eigenvalue weighted by atomic mass is 9.99. The predicted octanol–water partition coefficient (Wildman–Crippen LogP) is 2.15. The van der Waals surface area contributed by atoms with Gasteiger partial charge in [0.15, 0.2) is 0 Å². The van der Waals surface area contributed by atoms with Gasteiger partial charge in [-0.05, 0) is 27.5 Å². The SMILES string of the molecule is CC(=O)Oc1ccccc1C(=O)O[C@H]1O[C@H](CO[Si](c2ccccc2)(c2ccccc2)C(C)(C)C)[C@H](O)[C@H](O)[C@H]1O. The zero-order valence-corrected chi connectivity index (χ0v) is 24.5. The van der Waals surface area contributed by atoms with Crippen molar-refractivity contribution in [3.63, 3.8) is 0 Å². The minimum Gasteiger partial charge on any atom is -0.429 e. The van der Waals surface area contributed by atoms with E-state index in [0.29, 0.717) is 0 Å². The van der Waals surface area contributed by atoms with Crippen LogP contribution in [0.15, 0.2) is 84.9 Å². The number of rotatable bonds is 8. The van der Waals surface area contributed by atoms with E-state index in [4.69, 9.17) is 18.6 Å². The van der Waals surface area contributed by atoms with E-state index in [2.05, 4.69) is 20.8 Å². The topological polar surface area (TPSA) is 132 Å². The summed E-state index contributed by atoms with van der Waals surface area (Å²) in [5.74, 6) is -1.60. The highest BCUT2D eigenvalue weighted by Crippen LogP contribution is 2.37. The van der Waals surface area contributed by atoms with E-state index in [0.717, 1.165) is 10.4 Å². The molecule has 3 aromatic rings. The monoisotopic (exact) mass is 580 g/mol. The molecule has 1 saturated heterocycles. The first-order chi connectivity index (χ1) is 19.5. The first-order valence-corrected chi connectivity index (χ1v) is 15.3. The molecular formula is C31H36O9Si. The Balaban J connectivity index is 1.61. The maximum absolute atomic E-state index is 13.0. The fraction of sp³-hybridized carbons (Fsp3) is 0.355. The second kappa shape index (κ2) is 12.6. The highest BCUT2D eigenvalue weighted by Gasteiger charge is 2.52. The highest BCUT2D eigenvalue weighted by molar-refractivity contribution is 6.99. The van der Waals surface area contributed by atoms with Gasteiger partial charge in [-0.3, -0.25) is 4.79 Å². The van der Waals surface area contributed by atoms with Gasteiger partial charge >= 0.3 is 11.9 Å². The molecule has 4 rings (SSSR count). The quantitative estimate of drug-likeness (QED) is 0.208. The summed E-state index contributed by atoms with van der Waals surface area (Å²) >= 11 is 0. The number of ether oxygens (including phenoxy) is 3. The molecule has 1 heterocycles. The van der Waals surface area contributed by atoms with Gasteiger partial charge in [0.1, 0.15) is 35.7 Å². The van der Waals surface area contributed by atoms with Crippen molar-refractivity contribution in [3.05, 3.63) is 90.5 Å². The molecule has 10 heteroatoms. The van der Waals surface area contributed by atoms with Gasteiger partial charge in [0.25, 0.3) is 8.32 Å². The van der Waals surface area contributed by atoms with E-state index in [1.54, 1.807) is 12.1 Å². The maximum atomic E-state index is 13.0. The van der Waals surface area contributed by atoms with Crippen LogP contribution in [-0.2, 0) is 18.7 Å². The molecule has 0 spiro atoms. The Labute approximate surface area is 240 Å². The Bertz CT molecular complexity index is 1290. The normalized spacial score (nSPS) is 23.0. The molecular weight excluding hydrogens is 544 g/mol. The Hall–Kier alpha value is -3.38. The van der Waals surface area contributed by atoms with Gasteiger partial charge in [0, 0.05) is 6.92 Å².